The Bertz CT molecular complexity index is 1190. The van der Waals surface area contributed by atoms with Crippen molar-refractivity contribution in [2.75, 3.05) is 9.80 Å². The van der Waals surface area contributed by atoms with Gasteiger partial charge in [0.25, 0.3) is 5.91 Å². The monoisotopic (exact) mass is 484 g/mol. The van der Waals surface area contributed by atoms with E-state index in [9.17, 15) is 18.4 Å². The summed E-state index contributed by atoms with van der Waals surface area (Å²) in [7, 11) is 0. The molecule has 0 bridgehead atoms. The van der Waals surface area contributed by atoms with Crippen molar-refractivity contribution in [3.63, 3.8) is 0 Å². The van der Waals surface area contributed by atoms with Crippen LogP contribution in [0.25, 0.3) is 0 Å². The van der Waals surface area contributed by atoms with Crippen LogP contribution in [0.3, 0.4) is 0 Å². The number of fused-ring (bicyclic) bond motifs is 1. The van der Waals surface area contributed by atoms with Crippen LogP contribution in [0.5, 0.6) is 5.75 Å². The van der Waals surface area contributed by atoms with Crippen LogP contribution < -0.4 is 14.5 Å². The predicted molar refractivity (Wildman–Crippen MR) is 128 cm³/mol. The van der Waals surface area contributed by atoms with Gasteiger partial charge in [-0.05, 0) is 73.5 Å². The molecule has 0 aliphatic carbocycles. The number of carbonyl (C=O) groups excluding carboxylic acids is 2. The van der Waals surface area contributed by atoms with Gasteiger partial charge in [0.15, 0.2) is 0 Å². The summed E-state index contributed by atoms with van der Waals surface area (Å²) in [6.07, 6.45) is 0.511. The van der Waals surface area contributed by atoms with Gasteiger partial charge in [-0.15, -0.1) is 0 Å². The Labute approximate surface area is 201 Å². The topological polar surface area (TPSA) is 49.9 Å². The number of anilines is 2. The Hall–Kier alpha value is -3.45. The molecule has 0 aromatic heterocycles. The summed E-state index contributed by atoms with van der Waals surface area (Å²) >= 11 is 6.04. The molecule has 176 valence electrons. The fourth-order valence-corrected chi connectivity index (χ4v) is 4.56. The highest BCUT2D eigenvalue weighted by atomic mass is 35.5. The van der Waals surface area contributed by atoms with Gasteiger partial charge >= 0.3 is 6.61 Å². The first-order valence-electron chi connectivity index (χ1n) is 10.8. The molecule has 1 aliphatic rings. The summed E-state index contributed by atoms with van der Waals surface area (Å²) in [5.41, 5.74) is 2.61. The van der Waals surface area contributed by atoms with Gasteiger partial charge < -0.3 is 14.5 Å². The fourth-order valence-electron chi connectivity index (χ4n) is 4.44. The van der Waals surface area contributed by atoms with Crippen LogP contribution in [-0.4, -0.2) is 24.5 Å². The summed E-state index contributed by atoms with van der Waals surface area (Å²) in [6, 6.07) is 19.7. The lowest BCUT2D eigenvalue weighted by Crippen LogP contribution is -2.47. The average Bonchev–Trinajstić information content (AvgIpc) is 2.80. The maximum absolute atomic E-state index is 13.5. The first kappa shape index (κ1) is 23.7. The first-order valence-corrected chi connectivity index (χ1v) is 11.2. The van der Waals surface area contributed by atoms with E-state index in [1.807, 2.05) is 31.2 Å². The third-order valence-electron chi connectivity index (χ3n) is 5.86. The van der Waals surface area contributed by atoms with E-state index in [4.69, 9.17) is 11.6 Å². The van der Waals surface area contributed by atoms with Gasteiger partial charge in [-0.25, -0.2) is 0 Å². The van der Waals surface area contributed by atoms with Gasteiger partial charge in [0.05, 0.1) is 6.04 Å². The lowest BCUT2D eigenvalue weighted by atomic mass is 9.89. The van der Waals surface area contributed by atoms with Crippen LogP contribution in [0.15, 0.2) is 72.8 Å². The molecule has 0 saturated heterocycles. The molecule has 0 radical (unpaired) electrons. The van der Waals surface area contributed by atoms with Gasteiger partial charge in [0, 0.05) is 34.9 Å². The average molecular weight is 485 g/mol. The quantitative estimate of drug-likeness (QED) is 0.416. The molecule has 0 fully saturated rings. The maximum atomic E-state index is 13.5. The zero-order valence-corrected chi connectivity index (χ0v) is 19.4. The molecule has 5 nitrogen and oxygen atoms in total. The zero-order valence-electron chi connectivity index (χ0n) is 18.6. The number of hydrogen-bond acceptors (Lipinski definition) is 3. The molecule has 2 unspecified atom stereocenters. The Morgan fingerprint density at radius 2 is 1.68 bits per heavy atom. The molecule has 34 heavy (non-hydrogen) atoms. The number of halogens is 3. The van der Waals surface area contributed by atoms with E-state index < -0.39 is 6.61 Å². The van der Waals surface area contributed by atoms with E-state index in [-0.39, 0.29) is 29.6 Å². The van der Waals surface area contributed by atoms with E-state index in [1.165, 1.54) is 31.2 Å². The van der Waals surface area contributed by atoms with E-state index in [0.29, 0.717) is 22.7 Å². The largest absolute Gasteiger partial charge is 0.435 e. The summed E-state index contributed by atoms with van der Waals surface area (Å²) in [5, 5.41) is 0.575. The van der Waals surface area contributed by atoms with E-state index in [0.717, 1.165) is 11.3 Å². The molecule has 3 aromatic carbocycles. The van der Waals surface area contributed by atoms with Crippen LogP contribution in [0.1, 0.15) is 42.2 Å². The normalized spacial score (nSPS) is 17.3. The van der Waals surface area contributed by atoms with Crippen molar-refractivity contribution in [2.24, 2.45) is 0 Å². The van der Waals surface area contributed by atoms with Gasteiger partial charge in [-0.3, -0.25) is 9.59 Å². The van der Waals surface area contributed by atoms with Gasteiger partial charge in [0.1, 0.15) is 5.75 Å². The molecule has 1 aliphatic heterocycles. The molecule has 0 spiro atoms. The molecular formula is C26H23ClF2N2O3. The van der Waals surface area contributed by atoms with Gasteiger partial charge in [-0.1, -0.05) is 29.8 Å². The van der Waals surface area contributed by atoms with E-state index in [2.05, 4.69) is 4.74 Å². The van der Waals surface area contributed by atoms with Crippen molar-refractivity contribution < 1.29 is 23.1 Å². The number of alkyl halides is 2. The highest BCUT2D eigenvalue weighted by molar-refractivity contribution is 6.30. The smallest absolute Gasteiger partial charge is 0.387 e. The number of para-hydroxylation sites is 1. The van der Waals surface area contributed by atoms with Crippen LogP contribution >= 0.6 is 11.6 Å². The standard InChI is InChI=1S/C26H23ClF2N2O3/c1-16-15-24(31(17(2)32)20-11-9-19(27)10-12-20)22-5-3-4-6-23(22)30(16)25(33)18-7-13-21(14-8-18)34-26(28)29/h3-14,16,24,26H,15H2,1-2H3. The molecule has 1 heterocycles. The van der Waals surface area contributed by atoms with Crippen LogP contribution in [0, 0.1) is 0 Å². The number of rotatable bonds is 5. The number of benzene rings is 3. The van der Waals surface area contributed by atoms with Gasteiger partial charge in [0.2, 0.25) is 5.91 Å². The predicted octanol–water partition coefficient (Wildman–Crippen LogP) is 6.47. The second-order valence-corrected chi connectivity index (χ2v) is 8.54. The highest BCUT2D eigenvalue weighted by Gasteiger charge is 2.38. The van der Waals surface area contributed by atoms with Gasteiger partial charge in [-0.2, -0.15) is 8.78 Å². The van der Waals surface area contributed by atoms with Crippen molar-refractivity contribution in [3.05, 3.63) is 88.9 Å². The molecular weight excluding hydrogens is 462 g/mol. The fraction of sp³-hybridized carbons (Fsp3) is 0.231. The minimum atomic E-state index is -2.93. The van der Waals surface area contributed by atoms with Crippen molar-refractivity contribution >= 4 is 34.8 Å². The minimum Gasteiger partial charge on any atom is -0.435 e. The second kappa shape index (κ2) is 9.81. The Morgan fingerprint density at radius 3 is 2.29 bits per heavy atom. The molecule has 4 rings (SSSR count). The molecule has 3 aromatic rings. The second-order valence-electron chi connectivity index (χ2n) is 8.10. The Balaban J connectivity index is 1.70. The number of nitrogens with zero attached hydrogens (tertiary/aromatic N) is 2. The Kier molecular flexibility index (Phi) is 6.84. The van der Waals surface area contributed by atoms with Crippen molar-refractivity contribution in [1.29, 1.82) is 0 Å². The van der Waals surface area contributed by atoms with Crippen molar-refractivity contribution in [1.82, 2.24) is 0 Å². The third kappa shape index (κ3) is 4.75. The first-order chi connectivity index (χ1) is 16.3. The molecule has 8 heteroatoms. The SMILES string of the molecule is CC(=O)N(c1ccc(Cl)cc1)C1CC(C)N(C(=O)c2ccc(OC(F)F)cc2)c2ccccc21. The van der Waals surface area contributed by atoms with E-state index in [1.54, 1.807) is 34.1 Å². The molecule has 0 N–H and O–H groups in total. The minimum absolute atomic E-state index is 0.0150. The maximum Gasteiger partial charge on any atom is 0.387 e. The number of carbonyl (C=O) groups is 2. The molecule has 2 amide bonds. The number of amides is 2. The summed E-state index contributed by atoms with van der Waals surface area (Å²) in [6.45, 7) is 0.509. The number of hydrogen-bond donors (Lipinski definition) is 0. The molecule has 0 saturated carbocycles. The highest BCUT2D eigenvalue weighted by Crippen LogP contribution is 2.43. The number of ether oxygens (including phenoxy) is 1. The zero-order chi connectivity index (χ0) is 24.4. The Morgan fingerprint density at radius 1 is 1.03 bits per heavy atom. The summed E-state index contributed by atoms with van der Waals surface area (Å²) < 4.78 is 29.3. The van der Waals surface area contributed by atoms with Crippen LogP contribution in [0.2, 0.25) is 5.02 Å². The van der Waals surface area contributed by atoms with Crippen LogP contribution in [0.4, 0.5) is 20.2 Å². The summed E-state index contributed by atoms with van der Waals surface area (Å²) in [4.78, 5) is 29.6. The van der Waals surface area contributed by atoms with Crippen LogP contribution in [-0.2, 0) is 4.79 Å². The van der Waals surface area contributed by atoms with Crippen molar-refractivity contribution in [3.8, 4) is 5.75 Å². The van der Waals surface area contributed by atoms with E-state index >= 15 is 0 Å². The third-order valence-corrected chi connectivity index (χ3v) is 6.11. The lowest BCUT2D eigenvalue weighted by Gasteiger charge is -2.43. The van der Waals surface area contributed by atoms with Crippen molar-refractivity contribution in [2.45, 2.75) is 39.0 Å². The molecule has 2 atom stereocenters. The lowest BCUT2D eigenvalue weighted by molar-refractivity contribution is -0.117. The summed E-state index contributed by atoms with van der Waals surface area (Å²) in [5.74, 6) is -0.398.